The number of ether oxygens (including phenoxy) is 4. The smallest absolute Gasteiger partial charge is 0.537 e. The van der Waals surface area contributed by atoms with Crippen LogP contribution in [0.2, 0.25) is 0 Å². The molecule has 14 nitrogen and oxygen atoms in total. The third-order valence-corrected chi connectivity index (χ3v) is 7.45. The van der Waals surface area contributed by atoms with E-state index in [9.17, 15) is 14.4 Å². The van der Waals surface area contributed by atoms with Gasteiger partial charge < -0.3 is 34.7 Å². The van der Waals surface area contributed by atoms with Crippen molar-refractivity contribution < 1.29 is 89.6 Å². The topological polar surface area (TPSA) is 188 Å². The summed E-state index contributed by atoms with van der Waals surface area (Å²) in [7, 11) is 0. The Kier molecular flexibility index (Phi) is 15.4. The first-order valence-corrected chi connectivity index (χ1v) is 15.3. The van der Waals surface area contributed by atoms with Crippen LogP contribution < -0.4 is 62.3 Å². The van der Waals surface area contributed by atoms with Crippen LogP contribution in [-0.4, -0.2) is 57.2 Å². The number of esters is 1. The summed E-state index contributed by atoms with van der Waals surface area (Å²) in [5.41, 5.74) is 7.10. The predicted octanol–water partition coefficient (Wildman–Crippen LogP) is 3.18. The number of imidazole rings is 1. The predicted molar refractivity (Wildman–Crippen MR) is 183 cm³/mol. The van der Waals surface area contributed by atoms with Crippen LogP contribution in [0.4, 0.5) is 4.79 Å². The number of para-hydroxylation sites is 1. The molecule has 5 aromatic rings. The summed E-state index contributed by atoms with van der Waals surface area (Å²) < 4.78 is 23.5. The molecule has 3 N–H and O–H groups in total. The number of carbonyl (C=O) groups is 2. The van der Waals surface area contributed by atoms with Crippen LogP contribution >= 0.6 is 0 Å². The van der Waals surface area contributed by atoms with Gasteiger partial charge in [-0.3, -0.25) is 14.5 Å². The second-order valence-corrected chi connectivity index (χ2v) is 10.8. The summed E-state index contributed by atoms with van der Waals surface area (Å²) in [5, 5.41) is 3.48. The molecule has 51 heavy (non-hydrogen) atoms. The Labute approximate surface area is 337 Å². The number of hydrogen-bond acceptors (Lipinski definition) is 13. The Morgan fingerprint density at radius 2 is 1.63 bits per heavy atom. The number of aryl methyl sites for hydroxylation is 3. The van der Waals surface area contributed by atoms with Crippen molar-refractivity contribution in [3.63, 3.8) is 0 Å². The summed E-state index contributed by atoms with van der Waals surface area (Å²) >= 11 is 0. The van der Waals surface area contributed by atoms with Crippen LogP contribution in [0.5, 0.6) is 6.01 Å². The fourth-order valence-electron chi connectivity index (χ4n) is 5.04. The minimum Gasteiger partial charge on any atom is -0.537 e. The summed E-state index contributed by atoms with van der Waals surface area (Å²) in [6, 6.07) is 20.5. The van der Waals surface area contributed by atoms with Crippen LogP contribution in [0.1, 0.15) is 58.1 Å². The van der Waals surface area contributed by atoms with Crippen molar-refractivity contribution in [2.24, 2.45) is 5.16 Å². The molecular weight excluding hydrogens is 684 g/mol. The van der Waals surface area contributed by atoms with Crippen LogP contribution in [0.25, 0.3) is 22.2 Å². The monoisotopic (exact) mass is 719 g/mol. The van der Waals surface area contributed by atoms with Gasteiger partial charge in [0.15, 0.2) is 0 Å². The van der Waals surface area contributed by atoms with Crippen molar-refractivity contribution in [1.29, 1.82) is 0 Å². The molecule has 2 heterocycles. The third kappa shape index (κ3) is 10.3. The largest absolute Gasteiger partial charge is 1.00 e. The van der Waals surface area contributed by atoms with Crippen molar-refractivity contribution in [2.75, 3.05) is 6.61 Å². The molecule has 0 saturated heterocycles. The maximum Gasteiger partial charge on any atom is 1.00 e. The van der Waals surface area contributed by atoms with Gasteiger partial charge in [-0.1, -0.05) is 42.0 Å². The van der Waals surface area contributed by atoms with E-state index in [1.807, 2.05) is 63.2 Å². The quantitative estimate of drug-likeness (QED) is 0.0357. The average Bonchev–Trinajstić information content (AvgIpc) is 3.43. The molecule has 0 aliphatic rings. The summed E-state index contributed by atoms with van der Waals surface area (Å²) in [6.07, 6.45) is 0.411. The Hall–Kier alpha value is -4.51. The summed E-state index contributed by atoms with van der Waals surface area (Å²) in [5.74, 6) is -0.730. The molecule has 3 aromatic carbocycles. The van der Waals surface area contributed by atoms with Crippen LogP contribution in [0.15, 0.2) is 71.9 Å². The minimum absolute atomic E-state index is 0. The average molecular weight is 720 g/mol. The Balaban J connectivity index is 0.00000351. The number of aromatic nitrogens is 4. The molecule has 0 saturated carbocycles. The summed E-state index contributed by atoms with van der Waals surface area (Å²) in [6.45, 7) is 10.5. The number of carbonyl (C=O) groups excluding carboxylic acids is 3. The van der Waals surface area contributed by atoms with E-state index in [2.05, 4.69) is 31.2 Å². The zero-order chi connectivity index (χ0) is 34.9. The van der Waals surface area contributed by atoms with Crippen LogP contribution in [0, 0.1) is 20.8 Å². The molecule has 260 valence electrons. The van der Waals surface area contributed by atoms with E-state index < -0.39 is 18.4 Å². The number of rotatable bonds is 13. The van der Waals surface area contributed by atoms with Gasteiger partial charge in [-0.2, -0.15) is 21.8 Å². The van der Waals surface area contributed by atoms with Gasteiger partial charge in [0, 0.05) is 6.92 Å². The number of hydrogen-bond donors (Lipinski definition) is 1. The van der Waals surface area contributed by atoms with Gasteiger partial charge in [0.25, 0.3) is 6.01 Å². The molecule has 0 aliphatic heterocycles. The van der Waals surface area contributed by atoms with E-state index in [0.29, 0.717) is 47.1 Å². The number of nitrogens with zero attached hydrogens (tertiary/aromatic N) is 5. The zero-order valence-corrected chi connectivity index (χ0v) is 32.4. The fraction of sp³-hybridized carbons (Fsp3) is 0.250. The number of fused-ring (bicyclic) bond motifs is 1. The molecule has 1 atom stereocenters. The second-order valence-electron chi connectivity index (χ2n) is 10.8. The van der Waals surface area contributed by atoms with Crippen molar-refractivity contribution in [1.82, 2.24) is 25.7 Å². The molecule has 2 aromatic heterocycles. The van der Waals surface area contributed by atoms with Crippen LogP contribution in [0.3, 0.4) is 0 Å². The molecular formula is C36H36KN6O8-. The standard InChI is InChI=1S/C36H33N5O8.K.H3N/c1-6-45-35-40-31-13-9-12-30(34(43)48-25(5)49-36(44)46-20-32-24(4)38-22(2)23(3)39-32)33(31)41(35)19-26-14-16-27(17-15-26)29-11-8-7-10-28(29)18-37-47-21-42;;/h7-17,25H,6,19-20H2,1-5H3;;1H3/q-2;+1;. The van der Waals surface area contributed by atoms with E-state index >= 15 is 0 Å². The zero-order valence-electron chi connectivity index (χ0n) is 29.3. The van der Waals surface area contributed by atoms with Gasteiger partial charge >= 0.3 is 63.5 Å². The Bertz CT molecular complexity index is 2020. The van der Waals surface area contributed by atoms with Crippen molar-refractivity contribution in [3.05, 3.63) is 106 Å². The summed E-state index contributed by atoms with van der Waals surface area (Å²) in [4.78, 5) is 53.9. The molecule has 0 bridgehead atoms. The third-order valence-electron chi connectivity index (χ3n) is 7.45. The van der Waals surface area contributed by atoms with Gasteiger partial charge in [-0.05, 0) is 58.1 Å². The maximum absolute atomic E-state index is 13.4. The van der Waals surface area contributed by atoms with E-state index in [1.54, 1.807) is 35.8 Å². The second kappa shape index (κ2) is 19.2. The van der Waals surface area contributed by atoms with Crippen molar-refractivity contribution in [3.8, 4) is 17.1 Å². The van der Waals surface area contributed by atoms with Gasteiger partial charge in [0.05, 0.1) is 52.5 Å². The Morgan fingerprint density at radius 3 is 2.35 bits per heavy atom. The van der Waals surface area contributed by atoms with Gasteiger partial charge in [-0.25, -0.2) is 9.59 Å². The minimum atomic E-state index is -1.26. The van der Waals surface area contributed by atoms with E-state index in [4.69, 9.17) is 18.9 Å². The van der Waals surface area contributed by atoms with E-state index in [1.165, 1.54) is 13.4 Å². The molecule has 5 rings (SSSR count). The molecule has 0 radical (unpaired) electrons. The van der Waals surface area contributed by atoms with Crippen LogP contribution in [-0.2, 0) is 37.0 Å². The normalized spacial score (nSPS) is 11.2. The molecule has 0 fully saturated rings. The first kappa shape index (κ1) is 40.9. The molecule has 0 amide bonds. The maximum atomic E-state index is 13.4. The SMILES string of the molecule is CCOc1nc2cccc(C(=O)OC(C)OC(=O)OCc3nc(C)c(C)nc3C)c2n1Cc1ccc(-c2ccccc2[C-]=NO[C-]=O)cc1.N.[K+]. The first-order valence-electron chi connectivity index (χ1n) is 15.3. The van der Waals surface area contributed by atoms with Crippen molar-refractivity contribution >= 4 is 35.8 Å². The molecule has 0 spiro atoms. The fourth-order valence-corrected chi connectivity index (χ4v) is 5.04. The van der Waals surface area contributed by atoms with E-state index in [-0.39, 0.29) is 69.7 Å². The van der Waals surface area contributed by atoms with Gasteiger partial charge in [-0.15, -0.1) is 17.7 Å². The van der Waals surface area contributed by atoms with E-state index in [0.717, 1.165) is 28.1 Å². The number of benzene rings is 3. The Morgan fingerprint density at radius 1 is 0.902 bits per heavy atom. The van der Waals surface area contributed by atoms with Gasteiger partial charge in [0.1, 0.15) is 6.61 Å². The van der Waals surface area contributed by atoms with Crippen molar-refractivity contribution in [2.45, 2.75) is 54.1 Å². The molecule has 1 unspecified atom stereocenters. The molecule has 15 heteroatoms. The molecule has 0 aliphatic carbocycles. The first-order chi connectivity index (χ1) is 23.7. The van der Waals surface area contributed by atoms with Gasteiger partial charge in [0.2, 0.25) is 6.29 Å².